The van der Waals surface area contributed by atoms with Gasteiger partial charge in [-0.05, 0) is 48.6 Å². The number of nitrogens with two attached hydrogens (primary N) is 1. The Kier molecular flexibility index (Phi) is 4.06. The Labute approximate surface area is 124 Å². The minimum Gasteiger partial charge on any atom is -0.487 e. The summed E-state index contributed by atoms with van der Waals surface area (Å²) in [7, 11) is 1.61. The third-order valence-electron chi connectivity index (χ3n) is 3.86. The third-order valence-corrected chi connectivity index (χ3v) is 3.86. The van der Waals surface area contributed by atoms with Crippen LogP contribution in [0.3, 0.4) is 0 Å². The van der Waals surface area contributed by atoms with E-state index >= 15 is 0 Å². The van der Waals surface area contributed by atoms with Gasteiger partial charge in [-0.2, -0.15) is 0 Å². The molecule has 4 heteroatoms. The van der Waals surface area contributed by atoms with Crippen molar-refractivity contribution in [3.63, 3.8) is 0 Å². The van der Waals surface area contributed by atoms with Crippen molar-refractivity contribution in [1.29, 1.82) is 0 Å². The first-order valence-corrected chi connectivity index (χ1v) is 7.27. The molecule has 1 aromatic carbocycles. The van der Waals surface area contributed by atoms with Crippen LogP contribution in [0.5, 0.6) is 11.6 Å². The van der Waals surface area contributed by atoms with Gasteiger partial charge < -0.3 is 15.2 Å². The standard InChI is InChI=1S/C17H20N2O2/c1-20-17-7-3-5-13(19-17)11-21-14-9-8-12-4-2-6-16(18)15(12)10-14/h3,5,7-10,16H,2,4,6,11,18H2,1H3/t16-/m1/s1. The average molecular weight is 284 g/mol. The zero-order chi connectivity index (χ0) is 14.7. The second kappa shape index (κ2) is 6.14. The Hall–Kier alpha value is -2.07. The lowest BCUT2D eigenvalue weighted by Crippen LogP contribution is -2.17. The van der Waals surface area contributed by atoms with Crippen LogP contribution in [0.1, 0.15) is 35.7 Å². The van der Waals surface area contributed by atoms with E-state index in [0.717, 1.165) is 24.3 Å². The molecule has 0 unspecified atom stereocenters. The van der Waals surface area contributed by atoms with Crippen molar-refractivity contribution in [3.8, 4) is 11.6 Å². The highest BCUT2D eigenvalue weighted by atomic mass is 16.5. The van der Waals surface area contributed by atoms with E-state index in [1.807, 2.05) is 24.3 Å². The van der Waals surface area contributed by atoms with Gasteiger partial charge in [-0.3, -0.25) is 0 Å². The van der Waals surface area contributed by atoms with Crippen molar-refractivity contribution in [2.75, 3.05) is 7.11 Å². The molecular formula is C17H20N2O2. The second-order valence-electron chi connectivity index (χ2n) is 5.32. The Morgan fingerprint density at radius 2 is 2.19 bits per heavy atom. The first-order valence-electron chi connectivity index (χ1n) is 7.27. The van der Waals surface area contributed by atoms with E-state index < -0.39 is 0 Å². The lowest BCUT2D eigenvalue weighted by Gasteiger charge is -2.22. The molecule has 1 aliphatic rings. The number of methoxy groups -OCH3 is 1. The summed E-state index contributed by atoms with van der Waals surface area (Å²) >= 11 is 0. The van der Waals surface area contributed by atoms with Gasteiger partial charge in [-0.25, -0.2) is 4.98 Å². The Bertz CT molecular complexity index is 628. The number of rotatable bonds is 4. The minimum absolute atomic E-state index is 0.132. The SMILES string of the molecule is COc1cccc(COc2ccc3c(c2)[C@H](N)CCC3)n1. The number of fused-ring (bicyclic) bond motifs is 1. The van der Waals surface area contributed by atoms with Crippen molar-refractivity contribution in [1.82, 2.24) is 4.98 Å². The first kappa shape index (κ1) is 13.9. The highest BCUT2D eigenvalue weighted by Crippen LogP contribution is 2.31. The van der Waals surface area contributed by atoms with Crippen LogP contribution in [0.4, 0.5) is 0 Å². The average Bonchev–Trinajstić information content (AvgIpc) is 2.54. The number of hydrogen-bond acceptors (Lipinski definition) is 4. The molecule has 0 saturated heterocycles. The molecule has 0 saturated carbocycles. The summed E-state index contributed by atoms with van der Waals surface area (Å²) in [5, 5.41) is 0. The fraction of sp³-hybridized carbons (Fsp3) is 0.353. The highest BCUT2D eigenvalue weighted by molar-refractivity contribution is 5.39. The number of benzene rings is 1. The van der Waals surface area contributed by atoms with Crippen molar-refractivity contribution < 1.29 is 9.47 Å². The van der Waals surface area contributed by atoms with E-state index in [0.29, 0.717) is 12.5 Å². The van der Waals surface area contributed by atoms with Crippen molar-refractivity contribution in [2.24, 2.45) is 5.73 Å². The number of ether oxygens (including phenoxy) is 2. The summed E-state index contributed by atoms with van der Waals surface area (Å²) < 4.78 is 10.9. The molecule has 2 aromatic rings. The molecule has 0 radical (unpaired) electrons. The molecule has 1 heterocycles. The van der Waals surface area contributed by atoms with E-state index in [1.165, 1.54) is 17.5 Å². The van der Waals surface area contributed by atoms with Crippen LogP contribution in [0.25, 0.3) is 0 Å². The summed E-state index contributed by atoms with van der Waals surface area (Å²) in [5.41, 5.74) is 9.59. The molecule has 3 rings (SSSR count). The van der Waals surface area contributed by atoms with Gasteiger partial charge in [0.2, 0.25) is 5.88 Å². The van der Waals surface area contributed by atoms with Gasteiger partial charge in [0, 0.05) is 12.1 Å². The molecule has 4 nitrogen and oxygen atoms in total. The zero-order valence-corrected chi connectivity index (χ0v) is 12.2. The number of nitrogens with zero attached hydrogens (tertiary/aromatic N) is 1. The summed E-state index contributed by atoms with van der Waals surface area (Å²) in [6.07, 6.45) is 3.33. The molecule has 0 fully saturated rings. The van der Waals surface area contributed by atoms with E-state index in [9.17, 15) is 0 Å². The van der Waals surface area contributed by atoms with Gasteiger partial charge in [-0.1, -0.05) is 12.1 Å². The van der Waals surface area contributed by atoms with Gasteiger partial charge in [0.05, 0.1) is 12.8 Å². The maximum atomic E-state index is 6.18. The van der Waals surface area contributed by atoms with Gasteiger partial charge in [0.25, 0.3) is 0 Å². The zero-order valence-electron chi connectivity index (χ0n) is 12.2. The van der Waals surface area contributed by atoms with Crippen LogP contribution >= 0.6 is 0 Å². The van der Waals surface area contributed by atoms with E-state index in [2.05, 4.69) is 17.1 Å². The number of aryl methyl sites for hydroxylation is 1. The molecule has 1 atom stereocenters. The van der Waals surface area contributed by atoms with Crippen LogP contribution in [0, 0.1) is 0 Å². The molecule has 0 bridgehead atoms. The monoisotopic (exact) mass is 284 g/mol. The second-order valence-corrected chi connectivity index (χ2v) is 5.32. The number of hydrogen-bond donors (Lipinski definition) is 1. The molecule has 1 aliphatic carbocycles. The largest absolute Gasteiger partial charge is 0.487 e. The molecule has 2 N–H and O–H groups in total. The topological polar surface area (TPSA) is 57.4 Å². The Morgan fingerprint density at radius 1 is 1.29 bits per heavy atom. The molecular weight excluding hydrogens is 264 g/mol. The normalized spacial score (nSPS) is 17.1. The Morgan fingerprint density at radius 3 is 3.05 bits per heavy atom. The molecule has 0 aliphatic heterocycles. The van der Waals surface area contributed by atoms with Crippen LogP contribution in [-0.4, -0.2) is 12.1 Å². The lowest BCUT2D eigenvalue weighted by molar-refractivity contribution is 0.297. The fourth-order valence-corrected chi connectivity index (χ4v) is 2.71. The molecule has 1 aromatic heterocycles. The summed E-state index contributed by atoms with van der Waals surface area (Å²) in [6.45, 7) is 0.422. The van der Waals surface area contributed by atoms with Crippen molar-refractivity contribution in [2.45, 2.75) is 31.9 Å². The van der Waals surface area contributed by atoms with Crippen molar-refractivity contribution in [3.05, 3.63) is 53.2 Å². The first-order chi connectivity index (χ1) is 10.3. The minimum atomic E-state index is 0.132. The van der Waals surface area contributed by atoms with Crippen LogP contribution in [0.2, 0.25) is 0 Å². The van der Waals surface area contributed by atoms with Crippen LogP contribution < -0.4 is 15.2 Å². The summed E-state index contributed by atoms with van der Waals surface area (Å²) in [6, 6.07) is 12.0. The smallest absolute Gasteiger partial charge is 0.213 e. The molecule has 110 valence electrons. The van der Waals surface area contributed by atoms with Crippen molar-refractivity contribution >= 4 is 0 Å². The fourth-order valence-electron chi connectivity index (χ4n) is 2.71. The summed E-state index contributed by atoms with van der Waals surface area (Å²) in [4.78, 5) is 4.34. The number of aromatic nitrogens is 1. The maximum Gasteiger partial charge on any atom is 0.213 e. The van der Waals surface area contributed by atoms with Crippen LogP contribution in [0.15, 0.2) is 36.4 Å². The van der Waals surface area contributed by atoms with Gasteiger partial charge in [-0.15, -0.1) is 0 Å². The molecule has 21 heavy (non-hydrogen) atoms. The third kappa shape index (κ3) is 3.16. The van der Waals surface area contributed by atoms with E-state index in [-0.39, 0.29) is 6.04 Å². The maximum absolute atomic E-state index is 6.18. The predicted octanol–water partition coefficient (Wildman–Crippen LogP) is 3.01. The van der Waals surface area contributed by atoms with E-state index in [4.69, 9.17) is 15.2 Å². The van der Waals surface area contributed by atoms with Gasteiger partial charge in [0.15, 0.2) is 0 Å². The number of pyridine rings is 1. The van der Waals surface area contributed by atoms with Gasteiger partial charge in [0.1, 0.15) is 12.4 Å². The predicted molar refractivity (Wildman–Crippen MR) is 81.4 cm³/mol. The quantitative estimate of drug-likeness (QED) is 0.937. The highest BCUT2D eigenvalue weighted by Gasteiger charge is 2.17. The molecule has 0 spiro atoms. The summed E-state index contributed by atoms with van der Waals surface area (Å²) in [5.74, 6) is 1.44. The van der Waals surface area contributed by atoms with E-state index in [1.54, 1.807) is 7.11 Å². The van der Waals surface area contributed by atoms with Crippen LogP contribution in [-0.2, 0) is 13.0 Å². The lowest BCUT2D eigenvalue weighted by atomic mass is 9.88. The molecule has 0 amide bonds. The Balaban J connectivity index is 1.72. The van der Waals surface area contributed by atoms with Gasteiger partial charge >= 0.3 is 0 Å².